The van der Waals surface area contributed by atoms with Crippen molar-refractivity contribution in [2.24, 2.45) is 0 Å². The van der Waals surface area contributed by atoms with E-state index in [4.69, 9.17) is 0 Å². The van der Waals surface area contributed by atoms with Gasteiger partial charge in [0.15, 0.2) is 5.78 Å². The number of nitrogens with zero attached hydrogens (tertiary/aromatic N) is 2. The standard InChI is InChI=1S/C13H18N2O3/c1-4-5-8-14(3)11-6-7-13(15(17)18)12(9-11)10(2)16/h6-7,9H,4-5,8H2,1-3H3. The van der Waals surface area contributed by atoms with Gasteiger partial charge in [0.1, 0.15) is 0 Å². The van der Waals surface area contributed by atoms with Crippen LogP contribution in [0.25, 0.3) is 0 Å². The Labute approximate surface area is 107 Å². The molecule has 1 rings (SSSR count). The van der Waals surface area contributed by atoms with Gasteiger partial charge in [-0.3, -0.25) is 14.9 Å². The minimum atomic E-state index is -0.521. The Kier molecular flexibility index (Phi) is 4.83. The highest BCUT2D eigenvalue weighted by Gasteiger charge is 2.18. The molecule has 0 heterocycles. The summed E-state index contributed by atoms with van der Waals surface area (Å²) in [6.45, 7) is 4.31. The maximum atomic E-state index is 11.4. The molecular weight excluding hydrogens is 232 g/mol. The Balaban J connectivity index is 3.07. The van der Waals surface area contributed by atoms with Gasteiger partial charge >= 0.3 is 0 Å². The third-order valence-electron chi connectivity index (χ3n) is 2.84. The van der Waals surface area contributed by atoms with Gasteiger partial charge in [-0.05, 0) is 25.5 Å². The molecule has 1 aromatic rings. The van der Waals surface area contributed by atoms with Crippen LogP contribution >= 0.6 is 0 Å². The highest BCUT2D eigenvalue weighted by atomic mass is 16.6. The number of hydrogen-bond donors (Lipinski definition) is 0. The third-order valence-corrected chi connectivity index (χ3v) is 2.84. The molecule has 0 atom stereocenters. The van der Waals surface area contributed by atoms with Gasteiger partial charge in [0.2, 0.25) is 0 Å². The first-order valence-corrected chi connectivity index (χ1v) is 5.98. The zero-order valence-corrected chi connectivity index (χ0v) is 11.0. The van der Waals surface area contributed by atoms with Crippen LogP contribution in [0.5, 0.6) is 0 Å². The quantitative estimate of drug-likeness (QED) is 0.442. The molecule has 5 heteroatoms. The summed E-state index contributed by atoms with van der Waals surface area (Å²) in [6, 6.07) is 4.67. The summed E-state index contributed by atoms with van der Waals surface area (Å²) in [4.78, 5) is 23.7. The van der Waals surface area contributed by atoms with Crippen LogP contribution in [0.1, 0.15) is 37.0 Å². The lowest BCUT2D eigenvalue weighted by molar-refractivity contribution is -0.385. The van der Waals surface area contributed by atoms with Gasteiger partial charge in [-0.1, -0.05) is 13.3 Å². The summed E-state index contributed by atoms with van der Waals surface area (Å²) in [7, 11) is 1.92. The van der Waals surface area contributed by atoms with Gasteiger partial charge in [-0.25, -0.2) is 0 Å². The molecule has 0 fully saturated rings. The van der Waals surface area contributed by atoms with Crippen molar-refractivity contribution >= 4 is 17.2 Å². The number of hydrogen-bond acceptors (Lipinski definition) is 4. The molecule has 0 aliphatic carbocycles. The number of anilines is 1. The molecule has 0 unspecified atom stereocenters. The van der Waals surface area contributed by atoms with Crippen LogP contribution < -0.4 is 4.90 Å². The maximum absolute atomic E-state index is 11.4. The van der Waals surface area contributed by atoms with Crippen molar-refractivity contribution in [3.05, 3.63) is 33.9 Å². The molecule has 18 heavy (non-hydrogen) atoms. The SMILES string of the molecule is CCCCN(C)c1ccc([N+](=O)[O-])c(C(C)=O)c1. The largest absolute Gasteiger partial charge is 0.375 e. The number of ketones is 1. The predicted octanol–water partition coefficient (Wildman–Crippen LogP) is 3.03. The van der Waals surface area contributed by atoms with E-state index in [0.29, 0.717) is 0 Å². The van der Waals surface area contributed by atoms with Crippen LogP contribution in [0.2, 0.25) is 0 Å². The normalized spacial score (nSPS) is 10.2. The van der Waals surface area contributed by atoms with Crippen molar-refractivity contribution in [3.8, 4) is 0 Å². The first-order chi connectivity index (χ1) is 8.47. The van der Waals surface area contributed by atoms with E-state index in [1.54, 1.807) is 12.1 Å². The van der Waals surface area contributed by atoms with Crippen LogP contribution in [0.15, 0.2) is 18.2 Å². The number of benzene rings is 1. The fraction of sp³-hybridized carbons (Fsp3) is 0.462. The van der Waals surface area contributed by atoms with Crippen molar-refractivity contribution in [2.45, 2.75) is 26.7 Å². The van der Waals surface area contributed by atoms with Crippen molar-refractivity contribution in [3.63, 3.8) is 0 Å². The van der Waals surface area contributed by atoms with Crippen molar-refractivity contribution in [2.75, 3.05) is 18.5 Å². The Morgan fingerprint density at radius 2 is 2.11 bits per heavy atom. The van der Waals surface area contributed by atoms with E-state index in [1.807, 2.05) is 11.9 Å². The number of Topliss-reactive ketones (excluding diaryl/α,β-unsaturated/α-hetero) is 1. The second-order valence-corrected chi connectivity index (χ2v) is 4.29. The summed E-state index contributed by atoms with van der Waals surface area (Å²) in [5.41, 5.74) is 0.871. The molecule has 0 radical (unpaired) electrons. The number of unbranched alkanes of at least 4 members (excludes halogenated alkanes) is 1. The number of carbonyl (C=O) groups excluding carboxylic acids is 1. The highest BCUT2D eigenvalue weighted by molar-refractivity contribution is 5.99. The lowest BCUT2D eigenvalue weighted by atomic mass is 10.1. The molecule has 0 aliphatic rings. The van der Waals surface area contributed by atoms with Crippen molar-refractivity contribution in [1.82, 2.24) is 0 Å². The second-order valence-electron chi connectivity index (χ2n) is 4.29. The molecule has 0 amide bonds. The van der Waals surface area contributed by atoms with Crippen LogP contribution in [-0.4, -0.2) is 24.3 Å². The van der Waals surface area contributed by atoms with Crippen LogP contribution in [0.4, 0.5) is 11.4 Å². The zero-order chi connectivity index (χ0) is 13.7. The minimum absolute atomic E-state index is 0.129. The lowest BCUT2D eigenvalue weighted by Crippen LogP contribution is -2.18. The minimum Gasteiger partial charge on any atom is -0.375 e. The van der Waals surface area contributed by atoms with Crippen LogP contribution in [0.3, 0.4) is 0 Å². The summed E-state index contributed by atoms with van der Waals surface area (Å²) in [5.74, 6) is -0.285. The van der Waals surface area contributed by atoms with Gasteiger partial charge in [0.05, 0.1) is 10.5 Å². The Hall–Kier alpha value is -1.91. The Bertz CT molecular complexity index is 458. The van der Waals surface area contributed by atoms with Gasteiger partial charge in [0.25, 0.3) is 5.69 Å². The topological polar surface area (TPSA) is 63.4 Å². The molecule has 0 saturated carbocycles. The van der Waals surface area contributed by atoms with Gasteiger partial charge in [-0.15, -0.1) is 0 Å². The van der Waals surface area contributed by atoms with E-state index in [2.05, 4.69) is 6.92 Å². The highest BCUT2D eigenvalue weighted by Crippen LogP contribution is 2.25. The van der Waals surface area contributed by atoms with E-state index in [-0.39, 0.29) is 17.0 Å². The van der Waals surface area contributed by atoms with E-state index >= 15 is 0 Å². The number of nitro benzene ring substituents is 1. The number of nitro groups is 1. The van der Waals surface area contributed by atoms with Crippen molar-refractivity contribution in [1.29, 1.82) is 0 Å². The fourth-order valence-corrected chi connectivity index (χ4v) is 1.73. The molecular formula is C13H18N2O3. The average molecular weight is 250 g/mol. The lowest BCUT2D eigenvalue weighted by Gasteiger charge is -2.19. The molecule has 0 spiro atoms. The average Bonchev–Trinajstić information content (AvgIpc) is 2.34. The smallest absolute Gasteiger partial charge is 0.280 e. The third kappa shape index (κ3) is 3.29. The fourth-order valence-electron chi connectivity index (χ4n) is 1.73. The van der Waals surface area contributed by atoms with Gasteiger partial charge in [0, 0.05) is 25.3 Å². The number of rotatable bonds is 6. The van der Waals surface area contributed by atoms with E-state index < -0.39 is 4.92 Å². The molecule has 1 aromatic carbocycles. The first-order valence-electron chi connectivity index (χ1n) is 5.98. The molecule has 0 bridgehead atoms. The first kappa shape index (κ1) is 14.2. The zero-order valence-electron chi connectivity index (χ0n) is 11.0. The summed E-state index contributed by atoms with van der Waals surface area (Å²) < 4.78 is 0. The van der Waals surface area contributed by atoms with Crippen LogP contribution in [-0.2, 0) is 0 Å². The summed E-state index contributed by atoms with van der Waals surface area (Å²) in [5, 5.41) is 10.8. The summed E-state index contributed by atoms with van der Waals surface area (Å²) >= 11 is 0. The predicted molar refractivity (Wildman–Crippen MR) is 71.3 cm³/mol. The molecule has 0 N–H and O–H groups in total. The Morgan fingerprint density at radius 1 is 1.44 bits per heavy atom. The number of carbonyl (C=O) groups is 1. The molecule has 0 saturated heterocycles. The van der Waals surface area contributed by atoms with Gasteiger partial charge < -0.3 is 4.90 Å². The van der Waals surface area contributed by atoms with E-state index in [0.717, 1.165) is 25.1 Å². The monoisotopic (exact) mass is 250 g/mol. The second kappa shape index (κ2) is 6.14. The summed E-state index contributed by atoms with van der Waals surface area (Å²) in [6.07, 6.45) is 2.12. The molecule has 0 aromatic heterocycles. The van der Waals surface area contributed by atoms with E-state index in [9.17, 15) is 14.9 Å². The molecule has 0 aliphatic heterocycles. The van der Waals surface area contributed by atoms with E-state index in [1.165, 1.54) is 13.0 Å². The maximum Gasteiger partial charge on any atom is 0.280 e. The molecule has 5 nitrogen and oxygen atoms in total. The molecule has 98 valence electrons. The Morgan fingerprint density at radius 3 is 2.61 bits per heavy atom. The van der Waals surface area contributed by atoms with Gasteiger partial charge in [-0.2, -0.15) is 0 Å². The van der Waals surface area contributed by atoms with Crippen LogP contribution in [0, 0.1) is 10.1 Å². The van der Waals surface area contributed by atoms with Crippen molar-refractivity contribution < 1.29 is 9.72 Å².